The van der Waals surface area contributed by atoms with Crippen LogP contribution < -0.4 is 10.1 Å². The van der Waals surface area contributed by atoms with Gasteiger partial charge in [-0.3, -0.25) is 14.6 Å². The van der Waals surface area contributed by atoms with E-state index < -0.39 is 0 Å². The van der Waals surface area contributed by atoms with Gasteiger partial charge in [-0.2, -0.15) is 0 Å². The molecule has 1 aliphatic heterocycles. The number of aromatic nitrogens is 2. The Morgan fingerprint density at radius 1 is 1.07 bits per heavy atom. The van der Waals surface area contributed by atoms with E-state index in [9.17, 15) is 4.79 Å². The number of benzene rings is 2. The second kappa shape index (κ2) is 8.41. The number of hydrogen-bond acceptors (Lipinski definition) is 5. The normalized spacial score (nSPS) is 15.6. The molecule has 7 heteroatoms. The number of methoxy groups -OCH3 is 1. The Morgan fingerprint density at radius 3 is 2.50 bits per heavy atom. The van der Waals surface area contributed by atoms with Crippen LogP contribution in [0.15, 0.2) is 48.5 Å². The molecule has 3 aromatic rings. The van der Waals surface area contributed by atoms with E-state index in [0.29, 0.717) is 6.54 Å². The number of aromatic amines is 1. The van der Waals surface area contributed by atoms with Crippen LogP contribution in [-0.4, -0.2) is 65.5 Å². The average molecular weight is 379 g/mol. The van der Waals surface area contributed by atoms with E-state index in [1.165, 1.54) is 0 Å². The molecule has 1 saturated heterocycles. The van der Waals surface area contributed by atoms with Gasteiger partial charge >= 0.3 is 0 Å². The van der Waals surface area contributed by atoms with Gasteiger partial charge in [0.25, 0.3) is 0 Å². The molecule has 0 aliphatic carbocycles. The minimum absolute atomic E-state index is 0.0101. The minimum Gasteiger partial charge on any atom is -0.497 e. The number of ether oxygens (including phenoxy) is 1. The molecule has 1 amide bonds. The number of nitrogens with one attached hydrogen (secondary N) is 2. The number of imidazole rings is 1. The van der Waals surface area contributed by atoms with Gasteiger partial charge in [-0.15, -0.1) is 0 Å². The molecule has 7 nitrogen and oxygen atoms in total. The maximum absolute atomic E-state index is 12.3. The Kier molecular flexibility index (Phi) is 5.55. The monoisotopic (exact) mass is 379 g/mol. The Labute approximate surface area is 164 Å². The van der Waals surface area contributed by atoms with Gasteiger partial charge in [-0.25, -0.2) is 4.98 Å². The van der Waals surface area contributed by atoms with Crippen molar-refractivity contribution >= 4 is 22.6 Å². The summed E-state index contributed by atoms with van der Waals surface area (Å²) in [6.45, 7) is 4.80. The third-order valence-corrected chi connectivity index (χ3v) is 5.02. The van der Waals surface area contributed by atoms with E-state index in [1.807, 2.05) is 48.5 Å². The third-order valence-electron chi connectivity index (χ3n) is 5.02. The lowest BCUT2D eigenvalue weighted by Gasteiger charge is -2.33. The topological polar surface area (TPSA) is 73.5 Å². The van der Waals surface area contributed by atoms with Crippen LogP contribution >= 0.6 is 0 Å². The highest BCUT2D eigenvalue weighted by Gasteiger charge is 2.20. The molecule has 0 bridgehead atoms. The molecule has 0 saturated carbocycles. The van der Waals surface area contributed by atoms with Crippen molar-refractivity contribution in [2.45, 2.75) is 6.54 Å². The number of H-pyrrole nitrogens is 1. The molecule has 0 spiro atoms. The fraction of sp³-hybridized carbons (Fsp3) is 0.333. The number of rotatable bonds is 6. The zero-order valence-electron chi connectivity index (χ0n) is 16.0. The van der Waals surface area contributed by atoms with Crippen molar-refractivity contribution in [1.29, 1.82) is 0 Å². The highest BCUT2D eigenvalue weighted by molar-refractivity contribution is 5.92. The van der Waals surface area contributed by atoms with Crippen molar-refractivity contribution < 1.29 is 9.53 Å². The molecular formula is C21H25N5O2. The van der Waals surface area contributed by atoms with Crippen LogP contribution in [0.4, 0.5) is 5.69 Å². The molecule has 2 aromatic carbocycles. The number of carbonyl (C=O) groups excluding carboxylic acids is 1. The number of nitrogens with zero attached hydrogens (tertiary/aromatic N) is 3. The highest BCUT2D eigenvalue weighted by atomic mass is 16.5. The summed E-state index contributed by atoms with van der Waals surface area (Å²) in [5.41, 5.74) is 2.87. The first-order valence-electron chi connectivity index (χ1n) is 9.52. The van der Waals surface area contributed by atoms with Crippen LogP contribution in [-0.2, 0) is 11.3 Å². The van der Waals surface area contributed by atoms with E-state index in [1.54, 1.807) is 7.11 Å². The molecule has 4 rings (SSSR count). The van der Waals surface area contributed by atoms with Gasteiger partial charge in [-0.1, -0.05) is 12.1 Å². The molecule has 0 radical (unpaired) electrons. The quantitative estimate of drug-likeness (QED) is 0.688. The van der Waals surface area contributed by atoms with Crippen LogP contribution in [0.1, 0.15) is 5.82 Å². The van der Waals surface area contributed by atoms with Gasteiger partial charge in [0, 0.05) is 31.9 Å². The summed E-state index contributed by atoms with van der Waals surface area (Å²) in [7, 11) is 1.63. The Hall–Kier alpha value is -2.90. The van der Waals surface area contributed by atoms with E-state index in [4.69, 9.17) is 4.74 Å². The molecule has 28 heavy (non-hydrogen) atoms. The number of anilines is 1. The number of hydrogen-bond donors (Lipinski definition) is 2. The largest absolute Gasteiger partial charge is 0.497 e. The van der Waals surface area contributed by atoms with Crippen LogP contribution in [0.25, 0.3) is 11.0 Å². The first-order chi connectivity index (χ1) is 13.7. The summed E-state index contributed by atoms with van der Waals surface area (Å²) in [5.74, 6) is 1.78. The molecule has 1 fully saturated rings. The first-order valence-corrected chi connectivity index (χ1v) is 9.52. The number of carbonyl (C=O) groups is 1. The predicted molar refractivity (Wildman–Crippen MR) is 109 cm³/mol. The zero-order valence-corrected chi connectivity index (χ0v) is 16.0. The van der Waals surface area contributed by atoms with Gasteiger partial charge in [0.1, 0.15) is 11.6 Å². The molecule has 2 N–H and O–H groups in total. The summed E-state index contributed by atoms with van der Waals surface area (Å²) >= 11 is 0. The van der Waals surface area contributed by atoms with Gasteiger partial charge < -0.3 is 15.0 Å². The highest BCUT2D eigenvalue weighted by Crippen LogP contribution is 2.15. The third kappa shape index (κ3) is 4.49. The van der Waals surface area contributed by atoms with Crippen molar-refractivity contribution in [2.75, 3.05) is 45.2 Å². The van der Waals surface area contributed by atoms with Crippen LogP contribution in [0.2, 0.25) is 0 Å². The van der Waals surface area contributed by atoms with E-state index in [0.717, 1.165) is 61.0 Å². The zero-order chi connectivity index (χ0) is 19.3. The average Bonchev–Trinajstić information content (AvgIpc) is 3.12. The predicted octanol–water partition coefficient (Wildman–Crippen LogP) is 2.33. The van der Waals surface area contributed by atoms with Crippen molar-refractivity contribution in [3.8, 4) is 5.75 Å². The number of fused-ring (bicyclic) bond motifs is 1. The molecule has 0 atom stereocenters. The SMILES string of the molecule is COc1ccc(NC(=O)CN2CCN(Cc3nc4ccccc4[nH]3)CC2)cc1. The van der Waals surface area contributed by atoms with Gasteiger partial charge in [0.15, 0.2) is 0 Å². The van der Waals surface area contributed by atoms with Gasteiger partial charge in [0.05, 0.1) is 31.2 Å². The summed E-state index contributed by atoms with van der Waals surface area (Å²) in [6, 6.07) is 15.5. The summed E-state index contributed by atoms with van der Waals surface area (Å²) in [4.78, 5) is 24.9. The van der Waals surface area contributed by atoms with E-state index in [2.05, 4.69) is 25.1 Å². The molecule has 1 aromatic heterocycles. The van der Waals surface area contributed by atoms with Crippen molar-refractivity contribution in [1.82, 2.24) is 19.8 Å². The second-order valence-corrected chi connectivity index (χ2v) is 7.03. The number of piperazine rings is 1. The minimum atomic E-state index is 0.0101. The standard InChI is InChI=1S/C21H25N5O2/c1-28-17-8-6-16(7-9-17)22-21(27)15-26-12-10-25(11-13-26)14-20-23-18-4-2-3-5-19(18)24-20/h2-9H,10-15H2,1H3,(H,22,27)(H,23,24). The maximum Gasteiger partial charge on any atom is 0.238 e. The molecule has 0 unspecified atom stereocenters. The lowest BCUT2D eigenvalue weighted by atomic mass is 10.3. The maximum atomic E-state index is 12.3. The fourth-order valence-electron chi connectivity index (χ4n) is 3.48. The smallest absolute Gasteiger partial charge is 0.238 e. The summed E-state index contributed by atoms with van der Waals surface area (Å²) in [5, 5.41) is 2.94. The molecule has 1 aliphatic rings. The lowest BCUT2D eigenvalue weighted by molar-refractivity contribution is -0.117. The van der Waals surface area contributed by atoms with Gasteiger partial charge in [0.2, 0.25) is 5.91 Å². The van der Waals surface area contributed by atoms with E-state index in [-0.39, 0.29) is 5.91 Å². The Bertz CT molecular complexity index is 896. The molecule has 2 heterocycles. The summed E-state index contributed by atoms with van der Waals surface area (Å²) in [6.07, 6.45) is 0. The van der Waals surface area contributed by atoms with Crippen LogP contribution in [0, 0.1) is 0 Å². The van der Waals surface area contributed by atoms with Crippen molar-refractivity contribution in [3.05, 3.63) is 54.4 Å². The number of amides is 1. The van der Waals surface area contributed by atoms with Crippen LogP contribution in [0.3, 0.4) is 0 Å². The summed E-state index contributed by atoms with van der Waals surface area (Å²) < 4.78 is 5.13. The van der Waals surface area contributed by atoms with E-state index >= 15 is 0 Å². The lowest BCUT2D eigenvalue weighted by Crippen LogP contribution is -2.48. The van der Waals surface area contributed by atoms with Crippen molar-refractivity contribution in [2.24, 2.45) is 0 Å². The fourth-order valence-corrected chi connectivity index (χ4v) is 3.48. The van der Waals surface area contributed by atoms with Gasteiger partial charge in [-0.05, 0) is 36.4 Å². The molecule has 146 valence electrons. The Balaban J connectivity index is 1.23. The second-order valence-electron chi connectivity index (χ2n) is 7.03. The van der Waals surface area contributed by atoms with Crippen LogP contribution in [0.5, 0.6) is 5.75 Å². The van der Waals surface area contributed by atoms with Crippen molar-refractivity contribution in [3.63, 3.8) is 0 Å². The first kappa shape index (κ1) is 18.5. The molecular weight excluding hydrogens is 354 g/mol. The number of para-hydroxylation sites is 2. The Morgan fingerprint density at radius 2 is 1.79 bits per heavy atom.